The van der Waals surface area contributed by atoms with Gasteiger partial charge in [-0.2, -0.15) is 0 Å². The van der Waals surface area contributed by atoms with Crippen molar-refractivity contribution in [1.82, 2.24) is 0 Å². The molecule has 1 N–H and O–H groups in total. The highest BCUT2D eigenvalue weighted by Gasteiger charge is 2.24. The van der Waals surface area contributed by atoms with Crippen LogP contribution in [0, 0.1) is 0 Å². The number of benzene rings is 2. The molecule has 0 bridgehead atoms. The van der Waals surface area contributed by atoms with Crippen LogP contribution < -0.4 is 4.90 Å². The molecule has 0 atom stereocenters. The van der Waals surface area contributed by atoms with Crippen LogP contribution in [0.1, 0.15) is 11.1 Å². The van der Waals surface area contributed by atoms with E-state index in [0.29, 0.717) is 12.1 Å². The number of nitrogens with zero attached hydrogens (tertiary/aromatic N) is 1. The monoisotopic (exact) mass is 363 g/mol. The van der Waals surface area contributed by atoms with Gasteiger partial charge in [-0.25, -0.2) is 9.69 Å². The van der Waals surface area contributed by atoms with E-state index >= 15 is 0 Å². The van der Waals surface area contributed by atoms with Crippen LogP contribution in [0.3, 0.4) is 0 Å². The number of hydrogen-bond acceptors (Lipinski definition) is 5. The molecule has 136 valence electrons. The number of amides is 2. The number of hydrogen-bond donors (Lipinski definition) is 1. The standard InChI is InChI=1S/C21H17NO5/c23-18-8-3-15(4-9-18)5-12-21(26)27-14-13-16-1-6-17(7-2-16)22-19(24)10-11-20(22)25/h1-12,23H,13-14H2/b12-5+. The fourth-order valence-corrected chi connectivity index (χ4v) is 2.53. The predicted molar refractivity (Wildman–Crippen MR) is 99.9 cm³/mol. The second-order valence-corrected chi connectivity index (χ2v) is 5.85. The van der Waals surface area contributed by atoms with Gasteiger partial charge in [0, 0.05) is 24.6 Å². The maximum atomic E-state index is 11.7. The lowest BCUT2D eigenvalue weighted by atomic mass is 10.1. The van der Waals surface area contributed by atoms with Crippen molar-refractivity contribution in [3.05, 3.63) is 77.9 Å². The number of phenolic OH excluding ortho intramolecular Hbond substituents is 1. The average molecular weight is 363 g/mol. The fraction of sp³-hybridized carbons (Fsp3) is 0.0952. The van der Waals surface area contributed by atoms with Gasteiger partial charge in [-0.05, 0) is 41.5 Å². The van der Waals surface area contributed by atoms with E-state index in [9.17, 15) is 19.5 Å². The Bertz CT molecular complexity index is 893. The first-order valence-corrected chi connectivity index (χ1v) is 8.32. The van der Waals surface area contributed by atoms with Crippen LogP contribution in [-0.2, 0) is 25.5 Å². The molecular formula is C21H17NO5. The van der Waals surface area contributed by atoms with Crippen LogP contribution in [0.2, 0.25) is 0 Å². The maximum Gasteiger partial charge on any atom is 0.330 e. The van der Waals surface area contributed by atoms with Gasteiger partial charge >= 0.3 is 5.97 Å². The molecule has 0 spiro atoms. The second kappa shape index (κ2) is 8.14. The minimum Gasteiger partial charge on any atom is -0.508 e. The zero-order valence-electron chi connectivity index (χ0n) is 14.4. The summed E-state index contributed by atoms with van der Waals surface area (Å²) in [4.78, 5) is 36.1. The van der Waals surface area contributed by atoms with Crippen molar-refractivity contribution in [2.24, 2.45) is 0 Å². The molecule has 0 aliphatic carbocycles. The van der Waals surface area contributed by atoms with E-state index in [1.807, 2.05) is 0 Å². The SMILES string of the molecule is O=C(/C=C/c1ccc(O)cc1)OCCc1ccc(N2C(=O)C=CC2=O)cc1. The number of ether oxygens (including phenoxy) is 1. The number of anilines is 1. The highest BCUT2D eigenvalue weighted by atomic mass is 16.5. The molecule has 1 heterocycles. The van der Waals surface area contributed by atoms with Crippen molar-refractivity contribution in [2.75, 3.05) is 11.5 Å². The number of carbonyl (C=O) groups excluding carboxylic acids is 3. The molecule has 0 saturated heterocycles. The third-order valence-corrected chi connectivity index (χ3v) is 3.94. The Balaban J connectivity index is 1.47. The van der Waals surface area contributed by atoms with Crippen LogP contribution in [0.4, 0.5) is 5.69 Å². The number of imide groups is 1. The molecule has 0 unspecified atom stereocenters. The lowest BCUT2D eigenvalue weighted by molar-refractivity contribution is -0.137. The van der Waals surface area contributed by atoms with E-state index in [-0.39, 0.29) is 24.2 Å². The normalized spacial score (nSPS) is 13.6. The minimum absolute atomic E-state index is 0.162. The topological polar surface area (TPSA) is 83.9 Å². The second-order valence-electron chi connectivity index (χ2n) is 5.85. The van der Waals surface area contributed by atoms with Gasteiger partial charge in [0.1, 0.15) is 5.75 Å². The molecule has 27 heavy (non-hydrogen) atoms. The average Bonchev–Trinajstić information content (AvgIpc) is 3.00. The van der Waals surface area contributed by atoms with Crippen molar-refractivity contribution in [2.45, 2.75) is 6.42 Å². The Kier molecular flexibility index (Phi) is 5.47. The molecule has 1 aliphatic heterocycles. The molecule has 0 radical (unpaired) electrons. The Hall–Kier alpha value is -3.67. The molecule has 2 aromatic rings. The lowest BCUT2D eigenvalue weighted by Gasteiger charge is -2.14. The van der Waals surface area contributed by atoms with E-state index in [1.165, 1.54) is 30.4 Å². The first-order chi connectivity index (χ1) is 13.0. The Labute approximate surface area is 156 Å². The maximum absolute atomic E-state index is 11.7. The summed E-state index contributed by atoms with van der Waals surface area (Å²) < 4.78 is 5.15. The Morgan fingerprint density at radius 1 is 0.963 bits per heavy atom. The summed E-state index contributed by atoms with van der Waals surface area (Å²) in [6, 6.07) is 13.4. The van der Waals surface area contributed by atoms with Crippen LogP contribution >= 0.6 is 0 Å². The van der Waals surface area contributed by atoms with Crippen LogP contribution in [0.25, 0.3) is 6.08 Å². The Morgan fingerprint density at radius 2 is 1.59 bits per heavy atom. The van der Waals surface area contributed by atoms with Gasteiger partial charge < -0.3 is 9.84 Å². The predicted octanol–water partition coefficient (Wildman–Crippen LogP) is 2.62. The molecule has 0 saturated carbocycles. The van der Waals surface area contributed by atoms with E-state index in [4.69, 9.17) is 4.74 Å². The molecule has 0 aromatic heterocycles. The summed E-state index contributed by atoms with van der Waals surface area (Å²) in [5, 5.41) is 9.21. The number of phenols is 1. The molecule has 3 rings (SSSR count). The van der Waals surface area contributed by atoms with Crippen molar-refractivity contribution < 1.29 is 24.2 Å². The van der Waals surface area contributed by atoms with Gasteiger partial charge in [-0.1, -0.05) is 24.3 Å². The van der Waals surface area contributed by atoms with Crippen LogP contribution in [-0.4, -0.2) is 29.5 Å². The summed E-state index contributed by atoms with van der Waals surface area (Å²) in [7, 11) is 0. The summed E-state index contributed by atoms with van der Waals surface area (Å²) in [6.07, 6.45) is 5.92. The fourth-order valence-electron chi connectivity index (χ4n) is 2.53. The summed E-state index contributed by atoms with van der Waals surface area (Å²) in [5.74, 6) is -1.02. The smallest absolute Gasteiger partial charge is 0.330 e. The van der Waals surface area contributed by atoms with Gasteiger partial charge in [0.05, 0.1) is 12.3 Å². The van der Waals surface area contributed by atoms with E-state index < -0.39 is 5.97 Å². The van der Waals surface area contributed by atoms with Crippen LogP contribution in [0.5, 0.6) is 5.75 Å². The summed E-state index contributed by atoms with van der Waals surface area (Å²) >= 11 is 0. The van der Waals surface area contributed by atoms with Crippen molar-refractivity contribution in [3.8, 4) is 5.75 Å². The summed E-state index contributed by atoms with van der Waals surface area (Å²) in [5.41, 5.74) is 2.20. The Morgan fingerprint density at radius 3 is 2.22 bits per heavy atom. The molecule has 6 nitrogen and oxygen atoms in total. The molecule has 2 aromatic carbocycles. The molecule has 1 aliphatic rings. The highest BCUT2D eigenvalue weighted by molar-refractivity contribution is 6.28. The molecular weight excluding hydrogens is 346 g/mol. The van der Waals surface area contributed by atoms with Gasteiger partial charge in [0.25, 0.3) is 11.8 Å². The minimum atomic E-state index is -0.459. The van der Waals surface area contributed by atoms with Crippen molar-refractivity contribution in [1.29, 1.82) is 0 Å². The zero-order valence-corrected chi connectivity index (χ0v) is 14.4. The number of carbonyl (C=O) groups is 3. The first-order valence-electron chi connectivity index (χ1n) is 8.32. The largest absolute Gasteiger partial charge is 0.508 e. The number of esters is 1. The number of rotatable bonds is 6. The third kappa shape index (κ3) is 4.70. The third-order valence-electron chi connectivity index (χ3n) is 3.94. The summed E-state index contributed by atoms with van der Waals surface area (Å²) in [6.45, 7) is 0.210. The van der Waals surface area contributed by atoms with E-state index in [1.54, 1.807) is 42.5 Å². The van der Waals surface area contributed by atoms with Crippen molar-refractivity contribution >= 4 is 29.5 Å². The first kappa shape index (κ1) is 18.1. The quantitative estimate of drug-likeness (QED) is 0.485. The van der Waals surface area contributed by atoms with Crippen molar-refractivity contribution in [3.63, 3.8) is 0 Å². The van der Waals surface area contributed by atoms with Gasteiger partial charge in [-0.3, -0.25) is 9.59 Å². The molecule has 6 heteroatoms. The van der Waals surface area contributed by atoms with Crippen LogP contribution in [0.15, 0.2) is 66.8 Å². The zero-order chi connectivity index (χ0) is 19.2. The van der Waals surface area contributed by atoms with E-state index in [0.717, 1.165) is 16.0 Å². The highest BCUT2D eigenvalue weighted by Crippen LogP contribution is 2.19. The molecule has 0 fully saturated rings. The van der Waals surface area contributed by atoms with E-state index in [2.05, 4.69) is 0 Å². The van der Waals surface area contributed by atoms with Gasteiger partial charge in [-0.15, -0.1) is 0 Å². The van der Waals surface area contributed by atoms with Gasteiger partial charge in [0.2, 0.25) is 0 Å². The number of aromatic hydroxyl groups is 1. The molecule has 2 amide bonds. The van der Waals surface area contributed by atoms with Gasteiger partial charge in [0.15, 0.2) is 0 Å². The lowest BCUT2D eigenvalue weighted by Crippen LogP contribution is -2.29.